The number of ether oxygens (including phenoxy) is 1. The first-order valence-corrected chi connectivity index (χ1v) is 10.1. The van der Waals surface area contributed by atoms with E-state index in [0.29, 0.717) is 24.7 Å². The lowest BCUT2D eigenvalue weighted by Gasteiger charge is -2.38. The van der Waals surface area contributed by atoms with Crippen LogP contribution >= 0.6 is 0 Å². The molecule has 0 aromatic rings. The van der Waals surface area contributed by atoms with E-state index in [-0.39, 0.29) is 18.7 Å². The molecule has 152 valence electrons. The van der Waals surface area contributed by atoms with E-state index in [1.807, 2.05) is 6.08 Å². The topological polar surface area (TPSA) is 77.0 Å². The van der Waals surface area contributed by atoms with Gasteiger partial charge in [0.25, 0.3) is 0 Å². The Balaban J connectivity index is 1.78. The van der Waals surface area contributed by atoms with Gasteiger partial charge in [-0.25, -0.2) is 0 Å². The molecule has 0 aromatic heterocycles. The van der Waals surface area contributed by atoms with Crippen LogP contribution in [0.25, 0.3) is 0 Å². The van der Waals surface area contributed by atoms with Gasteiger partial charge in [0.1, 0.15) is 6.23 Å². The fraction of sp³-hybridized carbons (Fsp3) is 0.900. The smallest absolute Gasteiger partial charge is 0.145 e. The maximum absolute atomic E-state index is 10.5. The summed E-state index contributed by atoms with van der Waals surface area (Å²) in [6, 6.07) is 0.0997. The van der Waals surface area contributed by atoms with Crippen LogP contribution in [-0.4, -0.2) is 66.5 Å². The van der Waals surface area contributed by atoms with Crippen molar-refractivity contribution in [1.82, 2.24) is 15.5 Å². The molecule has 2 rings (SSSR count). The average molecular weight is 370 g/mol. The van der Waals surface area contributed by atoms with Crippen molar-refractivity contribution in [3.63, 3.8) is 0 Å². The maximum Gasteiger partial charge on any atom is 0.145 e. The van der Waals surface area contributed by atoms with Crippen LogP contribution in [-0.2, 0) is 4.74 Å². The summed E-state index contributed by atoms with van der Waals surface area (Å²) in [6.07, 6.45) is 5.54. The standard InChI is InChI=1S/C20H39N3O3/c1-15(2)18(12-26-14-23-10-6-9-20(3,4)13-23)22-19(25)17-8-5-7-16(11-24)21-17/h8,15-16,18-19,21-22,24-25H,5-7,9-14H2,1-4H3/t16-,18+,19+/m1/s1. The summed E-state index contributed by atoms with van der Waals surface area (Å²) in [5.41, 5.74) is 1.13. The highest BCUT2D eigenvalue weighted by Gasteiger charge is 2.27. The van der Waals surface area contributed by atoms with E-state index in [1.54, 1.807) is 0 Å². The molecule has 2 aliphatic heterocycles. The van der Waals surface area contributed by atoms with Crippen molar-refractivity contribution in [3.8, 4) is 0 Å². The van der Waals surface area contributed by atoms with Crippen molar-refractivity contribution in [2.75, 3.05) is 33.0 Å². The third kappa shape index (κ3) is 6.82. The van der Waals surface area contributed by atoms with Crippen molar-refractivity contribution in [3.05, 3.63) is 11.8 Å². The Morgan fingerprint density at radius 2 is 2.19 bits per heavy atom. The monoisotopic (exact) mass is 369 g/mol. The molecule has 0 amide bonds. The molecular formula is C20H39N3O3. The second-order valence-electron chi connectivity index (χ2n) is 9.00. The number of nitrogens with zero attached hydrogens (tertiary/aromatic N) is 1. The van der Waals surface area contributed by atoms with Crippen LogP contribution in [0.2, 0.25) is 0 Å². The number of hydrogen-bond acceptors (Lipinski definition) is 6. The minimum Gasteiger partial charge on any atom is -0.394 e. The summed E-state index contributed by atoms with van der Waals surface area (Å²) >= 11 is 0. The third-order valence-electron chi connectivity index (χ3n) is 5.49. The molecule has 1 saturated heterocycles. The highest BCUT2D eigenvalue weighted by molar-refractivity contribution is 5.10. The predicted octanol–water partition coefficient (Wildman–Crippen LogP) is 1.64. The zero-order valence-electron chi connectivity index (χ0n) is 17.0. The predicted molar refractivity (Wildman–Crippen MR) is 105 cm³/mol. The highest BCUT2D eigenvalue weighted by atomic mass is 16.5. The minimum atomic E-state index is -0.755. The number of aliphatic hydroxyl groups excluding tert-OH is 2. The lowest BCUT2D eigenvalue weighted by Crippen LogP contribution is -2.50. The molecular weight excluding hydrogens is 330 g/mol. The summed E-state index contributed by atoms with van der Waals surface area (Å²) in [4.78, 5) is 2.38. The number of allylic oxidation sites excluding steroid dienone is 1. The van der Waals surface area contributed by atoms with Crippen LogP contribution in [0.3, 0.4) is 0 Å². The van der Waals surface area contributed by atoms with Crippen molar-refractivity contribution in [2.45, 2.75) is 71.7 Å². The molecule has 2 heterocycles. The van der Waals surface area contributed by atoms with Crippen molar-refractivity contribution in [2.24, 2.45) is 11.3 Å². The molecule has 0 saturated carbocycles. The Morgan fingerprint density at radius 1 is 1.42 bits per heavy atom. The maximum atomic E-state index is 10.5. The highest BCUT2D eigenvalue weighted by Crippen LogP contribution is 2.28. The summed E-state index contributed by atoms with van der Waals surface area (Å²) < 4.78 is 5.99. The average Bonchev–Trinajstić information content (AvgIpc) is 2.59. The van der Waals surface area contributed by atoms with Crippen LogP contribution < -0.4 is 10.6 Å². The number of rotatable bonds is 9. The Morgan fingerprint density at radius 3 is 2.85 bits per heavy atom. The molecule has 0 radical (unpaired) electrons. The summed E-state index contributed by atoms with van der Waals surface area (Å²) in [5, 5.41) is 26.4. The molecule has 0 aliphatic carbocycles. The van der Waals surface area contributed by atoms with E-state index in [1.165, 1.54) is 12.8 Å². The molecule has 0 aromatic carbocycles. The lowest BCUT2D eigenvalue weighted by molar-refractivity contribution is -0.0252. The number of aliphatic hydroxyl groups is 2. The molecule has 6 heteroatoms. The Labute approximate surface area is 159 Å². The zero-order valence-corrected chi connectivity index (χ0v) is 17.0. The minimum absolute atomic E-state index is 0.0302. The summed E-state index contributed by atoms with van der Waals surface area (Å²) in [6.45, 7) is 12.4. The van der Waals surface area contributed by atoms with Crippen molar-refractivity contribution < 1.29 is 14.9 Å². The SMILES string of the molecule is CC(C)[C@H](COCN1CCCC(C)(C)C1)N[C@@H](O)C1=CCC[C@H](CO)N1. The fourth-order valence-corrected chi connectivity index (χ4v) is 3.82. The van der Waals surface area contributed by atoms with E-state index >= 15 is 0 Å². The van der Waals surface area contributed by atoms with Gasteiger partial charge < -0.3 is 20.3 Å². The normalized spacial score (nSPS) is 26.3. The first kappa shape index (κ1) is 21.6. The number of hydrogen-bond donors (Lipinski definition) is 4. The van der Waals surface area contributed by atoms with Crippen molar-refractivity contribution in [1.29, 1.82) is 0 Å². The van der Waals surface area contributed by atoms with Crippen LogP contribution in [0.5, 0.6) is 0 Å². The van der Waals surface area contributed by atoms with Crippen LogP contribution in [0.15, 0.2) is 11.8 Å². The van der Waals surface area contributed by atoms with Gasteiger partial charge in [-0.2, -0.15) is 0 Å². The van der Waals surface area contributed by atoms with E-state index in [0.717, 1.165) is 31.6 Å². The van der Waals surface area contributed by atoms with E-state index in [4.69, 9.17) is 4.74 Å². The van der Waals surface area contributed by atoms with E-state index in [9.17, 15) is 10.2 Å². The summed E-state index contributed by atoms with van der Waals surface area (Å²) in [5.74, 6) is 0.347. The fourth-order valence-electron chi connectivity index (χ4n) is 3.82. The molecule has 0 spiro atoms. The molecule has 0 unspecified atom stereocenters. The Kier molecular flexibility index (Phi) is 8.36. The van der Waals surface area contributed by atoms with Gasteiger partial charge >= 0.3 is 0 Å². The molecule has 2 aliphatic rings. The number of likely N-dealkylation sites (tertiary alicyclic amines) is 1. The van der Waals surface area contributed by atoms with Crippen molar-refractivity contribution >= 4 is 0 Å². The van der Waals surface area contributed by atoms with Crippen LogP contribution in [0.1, 0.15) is 53.4 Å². The Bertz CT molecular complexity index is 454. The zero-order chi connectivity index (χ0) is 19.2. The van der Waals surface area contributed by atoms with Gasteiger partial charge in [-0.05, 0) is 37.0 Å². The third-order valence-corrected chi connectivity index (χ3v) is 5.49. The van der Waals surface area contributed by atoms with Gasteiger partial charge in [0.05, 0.1) is 25.6 Å². The molecule has 1 fully saturated rings. The van der Waals surface area contributed by atoms with Gasteiger partial charge in [-0.15, -0.1) is 0 Å². The molecule has 26 heavy (non-hydrogen) atoms. The number of nitrogens with one attached hydrogen (secondary N) is 2. The summed E-state index contributed by atoms with van der Waals surface area (Å²) in [7, 11) is 0. The molecule has 3 atom stereocenters. The molecule has 6 nitrogen and oxygen atoms in total. The lowest BCUT2D eigenvalue weighted by atomic mass is 9.84. The second-order valence-corrected chi connectivity index (χ2v) is 9.00. The van der Waals surface area contributed by atoms with Crippen LogP contribution in [0.4, 0.5) is 0 Å². The van der Waals surface area contributed by atoms with Gasteiger partial charge in [0.15, 0.2) is 0 Å². The Hall–Kier alpha value is -0.660. The van der Waals surface area contributed by atoms with E-state index < -0.39 is 6.23 Å². The molecule has 0 bridgehead atoms. The van der Waals surface area contributed by atoms with E-state index in [2.05, 4.69) is 43.2 Å². The van der Waals surface area contributed by atoms with Gasteiger partial charge in [-0.1, -0.05) is 33.8 Å². The quantitative estimate of drug-likeness (QED) is 0.463. The largest absolute Gasteiger partial charge is 0.394 e. The van der Waals surface area contributed by atoms with Gasteiger partial charge in [0.2, 0.25) is 0 Å². The number of piperidine rings is 1. The van der Waals surface area contributed by atoms with Crippen LogP contribution in [0, 0.1) is 11.3 Å². The first-order valence-electron chi connectivity index (χ1n) is 10.1. The van der Waals surface area contributed by atoms with Gasteiger partial charge in [0, 0.05) is 25.2 Å². The second kappa shape index (κ2) is 10.0. The molecule has 4 N–H and O–H groups in total. The first-order chi connectivity index (χ1) is 12.3. The van der Waals surface area contributed by atoms with Gasteiger partial charge in [-0.3, -0.25) is 10.2 Å².